The summed E-state index contributed by atoms with van der Waals surface area (Å²) < 4.78 is 17.4. The summed E-state index contributed by atoms with van der Waals surface area (Å²) in [6.07, 6.45) is -0.0981. The number of amides is 1. The number of rotatable bonds is 6. The highest BCUT2D eigenvalue weighted by atomic mass is 35.5. The van der Waals surface area contributed by atoms with Gasteiger partial charge >= 0.3 is 5.97 Å². The highest BCUT2D eigenvalue weighted by Gasteiger charge is 2.22. The van der Waals surface area contributed by atoms with Gasteiger partial charge in [0.25, 0.3) is 5.69 Å². The summed E-state index contributed by atoms with van der Waals surface area (Å²) >= 11 is 6.06. The predicted octanol–water partition coefficient (Wildman–Crippen LogP) is 3.75. The number of carbonyl (C=O) groups is 2. The minimum Gasteiger partial charge on any atom is -0.465 e. The molecule has 0 unspecified atom stereocenters. The molecule has 0 heterocycles. The lowest BCUT2D eigenvalue weighted by molar-refractivity contribution is -0.385. The number of nitrogens with zero attached hydrogens (tertiary/aromatic N) is 1. The molecule has 0 aliphatic rings. The molecule has 26 heavy (non-hydrogen) atoms. The van der Waals surface area contributed by atoms with E-state index < -0.39 is 22.6 Å². The molecule has 9 heteroatoms. The maximum absolute atomic E-state index is 12.8. The third-order valence-corrected chi connectivity index (χ3v) is 3.86. The molecular formula is C17H14ClFN2O5. The maximum Gasteiger partial charge on any atom is 0.338 e. The van der Waals surface area contributed by atoms with Gasteiger partial charge in [-0.05, 0) is 36.8 Å². The third-order valence-electron chi connectivity index (χ3n) is 3.52. The molecule has 0 bridgehead atoms. The first-order valence-corrected chi connectivity index (χ1v) is 7.80. The van der Waals surface area contributed by atoms with E-state index in [1.807, 2.05) is 0 Å². The van der Waals surface area contributed by atoms with E-state index in [4.69, 9.17) is 11.6 Å². The van der Waals surface area contributed by atoms with E-state index in [2.05, 4.69) is 10.1 Å². The van der Waals surface area contributed by atoms with E-state index in [0.717, 1.165) is 13.2 Å². The summed E-state index contributed by atoms with van der Waals surface area (Å²) in [7, 11) is 1.15. The summed E-state index contributed by atoms with van der Waals surface area (Å²) in [5, 5.41) is 13.8. The van der Waals surface area contributed by atoms with E-state index in [1.165, 1.54) is 30.3 Å². The second-order valence-electron chi connectivity index (χ2n) is 5.26. The van der Waals surface area contributed by atoms with Crippen LogP contribution in [-0.2, 0) is 16.0 Å². The molecule has 0 aliphatic heterocycles. The summed E-state index contributed by atoms with van der Waals surface area (Å²) in [6, 6.07) is 7.51. The van der Waals surface area contributed by atoms with Gasteiger partial charge in [-0.15, -0.1) is 0 Å². The highest BCUT2D eigenvalue weighted by Crippen LogP contribution is 2.30. The summed E-state index contributed by atoms with van der Waals surface area (Å²) in [5.41, 5.74) is 0.118. The number of anilines is 1. The molecule has 0 radical (unpaired) electrons. The second kappa shape index (κ2) is 8.39. The first-order valence-electron chi connectivity index (χ1n) is 7.42. The van der Waals surface area contributed by atoms with Crippen molar-refractivity contribution in [3.63, 3.8) is 0 Å². The van der Waals surface area contributed by atoms with Gasteiger partial charge in [-0.3, -0.25) is 14.9 Å². The van der Waals surface area contributed by atoms with Crippen LogP contribution in [0.15, 0.2) is 36.4 Å². The lowest BCUT2D eigenvalue weighted by Gasteiger charge is -2.09. The van der Waals surface area contributed by atoms with E-state index in [0.29, 0.717) is 5.69 Å². The summed E-state index contributed by atoms with van der Waals surface area (Å²) in [4.78, 5) is 34.1. The zero-order valence-electron chi connectivity index (χ0n) is 13.6. The molecule has 0 saturated heterocycles. The summed E-state index contributed by atoms with van der Waals surface area (Å²) in [6.45, 7) is 0. The van der Waals surface area contributed by atoms with Crippen LogP contribution in [0, 0.1) is 15.9 Å². The molecule has 0 atom stereocenters. The smallest absolute Gasteiger partial charge is 0.338 e. The monoisotopic (exact) mass is 380 g/mol. The van der Waals surface area contributed by atoms with Crippen LogP contribution in [0.25, 0.3) is 0 Å². The number of methoxy groups -OCH3 is 1. The molecule has 0 aliphatic carbocycles. The van der Waals surface area contributed by atoms with Crippen molar-refractivity contribution in [1.82, 2.24) is 0 Å². The van der Waals surface area contributed by atoms with Crippen LogP contribution >= 0.6 is 11.6 Å². The molecule has 2 rings (SSSR count). The molecule has 136 valence electrons. The van der Waals surface area contributed by atoms with Gasteiger partial charge in [0.2, 0.25) is 5.91 Å². The number of halogens is 2. The topological polar surface area (TPSA) is 98.5 Å². The molecule has 0 spiro atoms. The second-order valence-corrected chi connectivity index (χ2v) is 5.67. The van der Waals surface area contributed by atoms with Gasteiger partial charge in [-0.25, -0.2) is 9.18 Å². The molecule has 2 aromatic rings. The Hall–Kier alpha value is -3.00. The van der Waals surface area contributed by atoms with Crippen molar-refractivity contribution in [3.8, 4) is 0 Å². The van der Waals surface area contributed by atoms with Crippen molar-refractivity contribution in [2.24, 2.45) is 0 Å². The first kappa shape index (κ1) is 19.3. The Morgan fingerprint density at radius 2 is 1.92 bits per heavy atom. The fraction of sp³-hybridized carbons (Fsp3) is 0.176. The van der Waals surface area contributed by atoms with Crippen LogP contribution in [0.3, 0.4) is 0 Å². The number of nitro groups is 1. The molecule has 0 aromatic heterocycles. The zero-order chi connectivity index (χ0) is 19.3. The lowest BCUT2D eigenvalue weighted by atomic mass is 10.0. The van der Waals surface area contributed by atoms with Crippen molar-refractivity contribution >= 4 is 34.9 Å². The Labute approximate surface area is 152 Å². The van der Waals surface area contributed by atoms with Crippen LogP contribution in [0.5, 0.6) is 0 Å². The molecule has 0 fully saturated rings. The van der Waals surface area contributed by atoms with Gasteiger partial charge in [-0.1, -0.05) is 11.6 Å². The van der Waals surface area contributed by atoms with Gasteiger partial charge in [0.05, 0.1) is 22.6 Å². The van der Waals surface area contributed by atoms with Crippen LogP contribution in [0.4, 0.5) is 15.8 Å². The number of hydrogen-bond donors (Lipinski definition) is 1. The quantitative estimate of drug-likeness (QED) is 0.467. The van der Waals surface area contributed by atoms with Crippen LogP contribution in [0.1, 0.15) is 22.3 Å². The summed E-state index contributed by atoms with van der Waals surface area (Å²) in [5.74, 6) is -1.61. The standard InChI is InChI=1S/C17H14ClFN2O5/c1-26-17(23)10-8-14(18)13(15(9-10)21(24)25)6-7-16(22)20-12-4-2-11(19)3-5-12/h2-5,8-9H,6-7H2,1H3,(H,20,22). The number of carbonyl (C=O) groups excluding carboxylic acids is 2. The molecule has 1 amide bonds. The number of nitrogens with one attached hydrogen (secondary N) is 1. The minimum atomic E-state index is -0.754. The first-order chi connectivity index (χ1) is 12.3. The Morgan fingerprint density at radius 1 is 1.27 bits per heavy atom. The lowest BCUT2D eigenvalue weighted by Crippen LogP contribution is -2.13. The van der Waals surface area contributed by atoms with Crippen LogP contribution in [0.2, 0.25) is 5.02 Å². The number of ether oxygens (including phenoxy) is 1. The highest BCUT2D eigenvalue weighted by molar-refractivity contribution is 6.32. The largest absolute Gasteiger partial charge is 0.465 e. The fourth-order valence-corrected chi connectivity index (χ4v) is 2.57. The molecule has 0 saturated carbocycles. The van der Waals surface area contributed by atoms with Gasteiger partial charge in [-0.2, -0.15) is 0 Å². The van der Waals surface area contributed by atoms with Crippen LogP contribution in [-0.4, -0.2) is 23.9 Å². The molecule has 7 nitrogen and oxygen atoms in total. The number of benzene rings is 2. The number of esters is 1. The van der Waals surface area contributed by atoms with Crippen molar-refractivity contribution < 1.29 is 23.6 Å². The molecular weight excluding hydrogens is 367 g/mol. The zero-order valence-corrected chi connectivity index (χ0v) is 14.4. The Kier molecular flexibility index (Phi) is 6.24. The molecule has 1 N–H and O–H groups in total. The van der Waals surface area contributed by atoms with Gasteiger partial charge in [0.1, 0.15) is 5.82 Å². The van der Waals surface area contributed by atoms with Crippen LogP contribution < -0.4 is 5.32 Å². The van der Waals surface area contributed by atoms with Gasteiger partial charge in [0, 0.05) is 23.7 Å². The maximum atomic E-state index is 12.8. The van der Waals surface area contributed by atoms with Crippen molar-refractivity contribution in [3.05, 3.63) is 68.5 Å². The average Bonchev–Trinajstić information content (AvgIpc) is 2.61. The van der Waals surface area contributed by atoms with Crippen molar-refractivity contribution in [1.29, 1.82) is 0 Å². The minimum absolute atomic E-state index is 0.00539. The predicted molar refractivity (Wildman–Crippen MR) is 92.8 cm³/mol. The Balaban J connectivity index is 2.15. The van der Waals surface area contributed by atoms with E-state index >= 15 is 0 Å². The van der Waals surface area contributed by atoms with Crippen molar-refractivity contribution in [2.45, 2.75) is 12.8 Å². The number of nitro benzene ring substituents is 1. The Bertz CT molecular complexity index is 855. The average molecular weight is 381 g/mol. The fourth-order valence-electron chi connectivity index (χ4n) is 2.26. The SMILES string of the molecule is COC(=O)c1cc(Cl)c(CCC(=O)Nc2ccc(F)cc2)c([N+](=O)[O-])c1. The van der Waals surface area contributed by atoms with E-state index in [9.17, 15) is 24.1 Å². The van der Waals surface area contributed by atoms with E-state index in [-0.39, 0.29) is 34.7 Å². The Morgan fingerprint density at radius 3 is 2.50 bits per heavy atom. The number of hydrogen-bond acceptors (Lipinski definition) is 5. The van der Waals surface area contributed by atoms with Gasteiger partial charge < -0.3 is 10.1 Å². The molecule has 2 aromatic carbocycles. The van der Waals surface area contributed by atoms with E-state index in [1.54, 1.807) is 0 Å². The normalized spacial score (nSPS) is 10.3. The van der Waals surface area contributed by atoms with Gasteiger partial charge in [0.15, 0.2) is 0 Å². The van der Waals surface area contributed by atoms with Crippen molar-refractivity contribution in [2.75, 3.05) is 12.4 Å². The third kappa shape index (κ3) is 4.76.